The van der Waals surface area contributed by atoms with Crippen molar-refractivity contribution in [1.82, 2.24) is 0 Å². The smallest absolute Gasteiger partial charge is 0.207 e. The highest BCUT2D eigenvalue weighted by Gasteiger charge is 2.60. The summed E-state index contributed by atoms with van der Waals surface area (Å²) in [5.41, 5.74) is 0. The second kappa shape index (κ2) is 2.77. The Labute approximate surface area is 63.4 Å². The maximum Gasteiger partial charge on any atom is 0.453 e. The third-order valence-electron chi connectivity index (χ3n) is 0.947. The highest BCUT2D eigenvalue weighted by Crippen LogP contribution is 2.42. The molecule has 7 heteroatoms. The zero-order valence-corrected chi connectivity index (χ0v) is 5.85. The van der Waals surface area contributed by atoms with Crippen LogP contribution in [0.25, 0.3) is 0 Å². The minimum atomic E-state index is -5.91. The summed E-state index contributed by atoms with van der Waals surface area (Å²) in [4.78, 5) is 0. The maximum absolute atomic E-state index is 11.8. The topological polar surface area (TPSA) is 0 Å². The monoisotopic (exact) mass is 198 g/mol. The molecule has 12 heavy (non-hydrogen) atoms. The van der Waals surface area contributed by atoms with Gasteiger partial charge in [0.1, 0.15) is 0 Å². The molecule has 0 rings (SSSR count). The normalized spacial score (nSPS) is 15.0. The molecule has 0 atom stereocenters. The maximum atomic E-state index is 11.8. The van der Waals surface area contributed by atoms with Gasteiger partial charge in [0.15, 0.2) is 0 Å². The Hall–Kier alpha value is -0.490. The van der Waals surface area contributed by atoms with E-state index in [1.807, 2.05) is 0 Å². The largest absolute Gasteiger partial charge is 0.453 e. The molecule has 0 heterocycles. The Bertz CT molecular complexity index is 150. The Kier molecular flexibility index (Phi) is 2.66. The van der Waals surface area contributed by atoms with Crippen molar-refractivity contribution in [2.75, 3.05) is 0 Å². The van der Waals surface area contributed by atoms with E-state index in [0.717, 1.165) is 0 Å². The van der Waals surface area contributed by atoms with E-state index >= 15 is 0 Å². The van der Waals surface area contributed by atoms with Gasteiger partial charge >= 0.3 is 12.1 Å². The molecule has 0 fully saturated rings. The molecule has 0 bridgehead atoms. The fraction of sp³-hybridized carbons (Fsp3) is 1.00. The lowest BCUT2D eigenvalue weighted by Crippen LogP contribution is -2.40. The van der Waals surface area contributed by atoms with E-state index < -0.39 is 24.4 Å². The van der Waals surface area contributed by atoms with E-state index in [1.165, 1.54) is 0 Å². The van der Waals surface area contributed by atoms with Crippen molar-refractivity contribution in [3.05, 3.63) is 0 Å². The molecule has 0 saturated heterocycles. The van der Waals surface area contributed by atoms with Crippen LogP contribution in [-0.2, 0) is 0 Å². The zero-order chi connectivity index (χ0) is 10.2. The van der Waals surface area contributed by atoms with Gasteiger partial charge in [-0.3, -0.25) is 0 Å². The van der Waals surface area contributed by atoms with Crippen LogP contribution in [0.4, 0.5) is 30.7 Å². The summed E-state index contributed by atoms with van der Waals surface area (Å²) in [6, 6.07) is 0. The Balaban J connectivity index is 4.44. The zero-order valence-electron chi connectivity index (χ0n) is 5.85. The van der Waals surface area contributed by atoms with E-state index in [-0.39, 0.29) is 6.92 Å². The Morgan fingerprint density at radius 2 is 1.17 bits per heavy atom. The van der Waals surface area contributed by atoms with Gasteiger partial charge in [0, 0.05) is 0 Å². The second-order valence-electron chi connectivity index (χ2n) is 2.45. The van der Waals surface area contributed by atoms with Crippen LogP contribution in [0.3, 0.4) is 0 Å². The van der Waals surface area contributed by atoms with Crippen LogP contribution in [0, 0.1) is 0 Å². The van der Waals surface area contributed by atoms with Crippen molar-refractivity contribution in [1.29, 1.82) is 0 Å². The van der Waals surface area contributed by atoms with Crippen molar-refractivity contribution in [2.24, 2.45) is 0 Å². The van der Waals surface area contributed by atoms with Crippen LogP contribution < -0.4 is 0 Å². The van der Waals surface area contributed by atoms with Gasteiger partial charge in [-0.15, -0.1) is 0 Å². The molecule has 0 radical (unpaired) electrons. The van der Waals surface area contributed by atoms with Crippen LogP contribution >= 0.6 is 0 Å². The molecule has 0 aliphatic carbocycles. The van der Waals surface area contributed by atoms with Crippen molar-refractivity contribution < 1.29 is 30.7 Å². The number of hydrogen-bond donors (Lipinski definition) is 0. The lowest BCUT2D eigenvalue weighted by atomic mass is 10.1. The summed E-state index contributed by atoms with van der Waals surface area (Å²) >= 11 is 0. The predicted octanol–water partition coefficient (Wildman–Crippen LogP) is 3.23. The van der Waals surface area contributed by atoms with Gasteiger partial charge in [0.2, 0.25) is 0 Å². The standard InChI is InChI=1S/C5H5F7/c1-3(6,7)2-4(8,9)5(10,11)12/h2H2,1H3. The second-order valence-corrected chi connectivity index (χ2v) is 2.45. The number of halogens is 7. The molecule has 0 spiro atoms. The van der Waals surface area contributed by atoms with Gasteiger partial charge in [0.25, 0.3) is 5.92 Å². The predicted molar refractivity (Wildman–Crippen MR) is 26.2 cm³/mol. The highest BCUT2D eigenvalue weighted by molar-refractivity contribution is 4.80. The summed E-state index contributed by atoms with van der Waals surface area (Å²) in [6.07, 6.45) is -8.42. The van der Waals surface area contributed by atoms with Crippen molar-refractivity contribution in [3.63, 3.8) is 0 Å². The minimum absolute atomic E-state index is 0.00660. The molecule has 0 aliphatic heterocycles. The van der Waals surface area contributed by atoms with Crippen LogP contribution in [-0.4, -0.2) is 18.0 Å². The highest BCUT2D eigenvalue weighted by atomic mass is 19.4. The lowest BCUT2D eigenvalue weighted by molar-refractivity contribution is -0.299. The number of hydrogen-bond acceptors (Lipinski definition) is 0. The van der Waals surface area contributed by atoms with Gasteiger partial charge in [-0.2, -0.15) is 22.0 Å². The van der Waals surface area contributed by atoms with Crippen molar-refractivity contribution in [3.8, 4) is 0 Å². The molecular formula is C5H5F7. The van der Waals surface area contributed by atoms with Gasteiger partial charge in [-0.05, 0) is 6.92 Å². The molecule has 0 amide bonds. The molecule has 74 valence electrons. The minimum Gasteiger partial charge on any atom is -0.207 e. The first kappa shape index (κ1) is 11.5. The lowest BCUT2D eigenvalue weighted by Gasteiger charge is -2.22. The molecule has 0 saturated carbocycles. The molecule has 0 unspecified atom stereocenters. The van der Waals surface area contributed by atoms with E-state index in [9.17, 15) is 30.7 Å². The quantitative estimate of drug-likeness (QED) is 0.597. The van der Waals surface area contributed by atoms with E-state index in [4.69, 9.17) is 0 Å². The Morgan fingerprint density at radius 3 is 1.25 bits per heavy atom. The summed E-state index contributed by atoms with van der Waals surface area (Å²) < 4.78 is 81.0. The van der Waals surface area contributed by atoms with Crippen molar-refractivity contribution in [2.45, 2.75) is 31.4 Å². The average Bonchev–Trinajstić information content (AvgIpc) is 1.52. The molecule has 0 aromatic carbocycles. The van der Waals surface area contributed by atoms with Crippen molar-refractivity contribution >= 4 is 0 Å². The first-order valence-electron chi connectivity index (χ1n) is 2.78. The van der Waals surface area contributed by atoms with E-state index in [1.54, 1.807) is 0 Å². The third kappa shape index (κ3) is 3.27. The van der Waals surface area contributed by atoms with Crippen LogP contribution in [0.5, 0.6) is 0 Å². The van der Waals surface area contributed by atoms with Crippen LogP contribution in [0.1, 0.15) is 13.3 Å². The molecule has 0 aliphatic rings. The van der Waals surface area contributed by atoms with Gasteiger partial charge in [-0.1, -0.05) is 0 Å². The Morgan fingerprint density at radius 1 is 0.833 bits per heavy atom. The summed E-state index contributed by atoms with van der Waals surface area (Å²) in [5, 5.41) is 0. The fourth-order valence-corrected chi connectivity index (χ4v) is 0.490. The first-order valence-corrected chi connectivity index (χ1v) is 2.78. The van der Waals surface area contributed by atoms with Crippen LogP contribution in [0.2, 0.25) is 0 Å². The van der Waals surface area contributed by atoms with E-state index in [2.05, 4.69) is 0 Å². The summed E-state index contributed by atoms with van der Waals surface area (Å²) in [6.45, 7) is 0.00660. The molecule has 0 aromatic heterocycles. The van der Waals surface area contributed by atoms with Crippen LogP contribution in [0.15, 0.2) is 0 Å². The summed E-state index contributed by atoms with van der Waals surface area (Å²) in [7, 11) is 0. The van der Waals surface area contributed by atoms with Gasteiger partial charge in [0.05, 0.1) is 6.42 Å². The average molecular weight is 198 g/mol. The van der Waals surface area contributed by atoms with E-state index in [0.29, 0.717) is 0 Å². The molecule has 0 N–H and O–H groups in total. The summed E-state index contributed by atoms with van der Waals surface area (Å²) in [5.74, 6) is -9.36. The SMILES string of the molecule is CC(F)(F)CC(F)(F)C(F)(F)F. The molecular weight excluding hydrogens is 193 g/mol. The first-order chi connectivity index (χ1) is 4.96. The molecule has 0 aromatic rings. The molecule has 0 nitrogen and oxygen atoms in total. The van der Waals surface area contributed by atoms with Gasteiger partial charge < -0.3 is 0 Å². The number of alkyl halides is 7. The third-order valence-corrected chi connectivity index (χ3v) is 0.947. The van der Waals surface area contributed by atoms with Gasteiger partial charge in [-0.25, -0.2) is 8.78 Å². The number of rotatable bonds is 2. The fourth-order valence-electron chi connectivity index (χ4n) is 0.490.